The summed E-state index contributed by atoms with van der Waals surface area (Å²) >= 11 is 6.82. The zero-order valence-corrected chi connectivity index (χ0v) is 12.5. The van der Waals surface area contributed by atoms with Crippen molar-refractivity contribution in [2.75, 3.05) is 0 Å². The Bertz CT molecular complexity index is 666. The van der Waals surface area contributed by atoms with Gasteiger partial charge in [0.2, 0.25) is 0 Å². The minimum absolute atomic E-state index is 0.323. The third-order valence-electron chi connectivity index (χ3n) is 3.08. The maximum Gasteiger partial charge on any atom is 0.336 e. The van der Waals surface area contributed by atoms with Gasteiger partial charge in [-0.15, -0.1) is 0 Å². The zero-order valence-electron chi connectivity index (χ0n) is 9.28. The van der Waals surface area contributed by atoms with Crippen LogP contribution in [0.25, 0.3) is 10.9 Å². The van der Waals surface area contributed by atoms with Crippen molar-refractivity contribution in [2.24, 2.45) is 0 Å². The SMILES string of the molecule is O=C(O)c1cc(C2CC2)nc2c(Br)cc(Br)cc12. The molecule has 1 fully saturated rings. The minimum atomic E-state index is -0.908. The first-order valence-electron chi connectivity index (χ1n) is 5.59. The maximum absolute atomic E-state index is 11.4. The highest BCUT2D eigenvalue weighted by atomic mass is 79.9. The Hall–Kier alpha value is -0.940. The molecule has 0 saturated heterocycles. The van der Waals surface area contributed by atoms with Crippen LogP contribution in [0.15, 0.2) is 27.1 Å². The van der Waals surface area contributed by atoms with Crippen molar-refractivity contribution in [3.63, 3.8) is 0 Å². The van der Waals surface area contributed by atoms with Crippen molar-refractivity contribution >= 4 is 48.7 Å². The van der Waals surface area contributed by atoms with Crippen LogP contribution in [0.3, 0.4) is 0 Å². The summed E-state index contributed by atoms with van der Waals surface area (Å²) in [5.41, 5.74) is 1.94. The van der Waals surface area contributed by atoms with Gasteiger partial charge in [-0.2, -0.15) is 0 Å². The molecule has 0 bridgehead atoms. The predicted molar refractivity (Wildman–Crippen MR) is 76.1 cm³/mol. The molecule has 1 aromatic heterocycles. The monoisotopic (exact) mass is 369 g/mol. The molecule has 1 heterocycles. The van der Waals surface area contributed by atoms with Crippen LogP contribution in [0.1, 0.15) is 34.8 Å². The Morgan fingerprint density at radius 3 is 2.61 bits per heavy atom. The lowest BCUT2D eigenvalue weighted by atomic mass is 10.1. The molecule has 0 spiro atoms. The number of carboxylic acids is 1. The van der Waals surface area contributed by atoms with Gasteiger partial charge in [0.15, 0.2) is 0 Å². The number of benzene rings is 1. The van der Waals surface area contributed by atoms with Crippen molar-refractivity contribution < 1.29 is 9.90 Å². The number of carbonyl (C=O) groups is 1. The summed E-state index contributed by atoms with van der Waals surface area (Å²) in [6, 6.07) is 5.39. The molecule has 1 aromatic carbocycles. The van der Waals surface area contributed by atoms with Crippen molar-refractivity contribution in [1.82, 2.24) is 4.98 Å². The van der Waals surface area contributed by atoms with Crippen LogP contribution >= 0.6 is 31.9 Å². The molecule has 5 heteroatoms. The molecule has 1 N–H and O–H groups in total. The molecule has 0 atom stereocenters. The third-order valence-corrected chi connectivity index (χ3v) is 4.14. The van der Waals surface area contributed by atoms with Gasteiger partial charge in [-0.1, -0.05) is 15.9 Å². The van der Waals surface area contributed by atoms with Gasteiger partial charge in [0.05, 0.1) is 11.1 Å². The van der Waals surface area contributed by atoms with Crippen LogP contribution in [0.5, 0.6) is 0 Å². The van der Waals surface area contributed by atoms with Gasteiger partial charge < -0.3 is 5.11 Å². The molecule has 3 rings (SSSR count). The first-order valence-corrected chi connectivity index (χ1v) is 7.18. The van der Waals surface area contributed by atoms with E-state index in [1.165, 1.54) is 0 Å². The number of hydrogen-bond acceptors (Lipinski definition) is 2. The average molecular weight is 371 g/mol. The molecular formula is C13H9Br2NO2. The lowest BCUT2D eigenvalue weighted by Crippen LogP contribution is -2.02. The highest BCUT2D eigenvalue weighted by Crippen LogP contribution is 2.41. The van der Waals surface area contributed by atoms with E-state index in [0.717, 1.165) is 33.0 Å². The summed E-state index contributed by atoms with van der Waals surface area (Å²) < 4.78 is 1.65. The first kappa shape index (κ1) is 12.1. The van der Waals surface area contributed by atoms with Crippen LogP contribution in [0.4, 0.5) is 0 Å². The quantitative estimate of drug-likeness (QED) is 0.855. The second-order valence-electron chi connectivity index (χ2n) is 4.46. The number of aromatic nitrogens is 1. The lowest BCUT2D eigenvalue weighted by Gasteiger charge is -2.08. The van der Waals surface area contributed by atoms with Gasteiger partial charge in [0.1, 0.15) is 0 Å². The number of nitrogens with zero attached hydrogens (tertiary/aromatic N) is 1. The van der Waals surface area contributed by atoms with E-state index >= 15 is 0 Å². The molecule has 1 aliphatic rings. The first-order chi connectivity index (χ1) is 8.56. The summed E-state index contributed by atoms with van der Waals surface area (Å²) in [7, 11) is 0. The molecule has 0 amide bonds. The summed E-state index contributed by atoms with van der Waals surface area (Å²) in [6.45, 7) is 0. The Morgan fingerprint density at radius 2 is 2.00 bits per heavy atom. The number of pyridine rings is 1. The Morgan fingerprint density at radius 1 is 1.28 bits per heavy atom. The Kier molecular flexibility index (Phi) is 2.90. The molecule has 0 unspecified atom stereocenters. The van der Waals surface area contributed by atoms with Crippen LogP contribution in [-0.4, -0.2) is 16.1 Å². The van der Waals surface area contributed by atoms with Gasteiger partial charge in [-0.25, -0.2) is 4.79 Å². The normalized spacial score (nSPS) is 15.0. The van der Waals surface area contributed by atoms with E-state index in [4.69, 9.17) is 0 Å². The molecule has 0 aliphatic heterocycles. The van der Waals surface area contributed by atoms with Crippen molar-refractivity contribution in [3.05, 3.63) is 38.4 Å². The summed E-state index contributed by atoms with van der Waals surface area (Å²) in [4.78, 5) is 16.0. The van der Waals surface area contributed by atoms with E-state index in [1.807, 2.05) is 6.07 Å². The zero-order chi connectivity index (χ0) is 12.9. The van der Waals surface area contributed by atoms with Crippen LogP contribution in [0.2, 0.25) is 0 Å². The topological polar surface area (TPSA) is 50.2 Å². The average Bonchev–Trinajstić information content (AvgIpc) is 3.11. The molecule has 1 saturated carbocycles. The Balaban J connectivity index is 2.37. The standard InChI is InChI=1S/C13H9Br2NO2/c14-7-3-8-9(13(17)18)5-11(6-1-2-6)16-12(8)10(15)4-7/h3-6H,1-2H2,(H,17,18). The molecular weight excluding hydrogens is 362 g/mol. The highest BCUT2D eigenvalue weighted by molar-refractivity contribution is 9.11. The van der Waals surface area contributed by atoms with Crippen LogP contribution in [0, 0.1) is 0 Å². The highest BCUT2D eigenvalue weighted by Gasteiger charge is 2.27. The molecule has 3 nitrogen and oxygen atoms in total. The Labute approximate surface area is 120 Å². The van der Waals surface area contributed by atoms with Gasteiger partial charge >= 0.3 is 5.97 Å². The summed E-state index contributed by atoms with van der Waals surface area (Å²) in [5, 5.41) is 9.99. The maximum atomic E-state index is 11.4. The van der Waals surface area contributed by atoms with Gasteiger partial charge in [-0.05, 0) is 47.0 Å². The van der Waals surface area contributed by atoms with E-state index < -0.39 is 5.97 Å². The van der Waals surface area contributed by atoms with Crippen molar-refractivity contribution in [1.29, 1.82) is 0 Å². The van der Waals surface area contributed by atoms with Gasteiger partial charge in [0.25, 0.3) is 0 Å². The number of aromatic carboxylic acids is 1. The van der Waals surface area contributed by atoms with E-state index in [1.54, 1.807) is 12.1 Å². The second-order valence-corrected chi connectivity index (χ2v) is 6.23. The number of rotatable bonds is 2. The fourth-order valence-electron chi connectivity index (χ4n) is 2.04. The van der Waals surface area contributed by atoms with E-state index in [9.17, 15) is 9.90 Å². The van der Waals surface area contributed by atoms with Crippen molar-refractivity contribution in [2.45, 2.75) is 18.8 Å². The summed E-state index contributed by atoms with van der Waals surface area (Å²) in [6.07, 6.45) is 2.21. The van der Waals surface area contributed by atoms with Gasteiger partial charge in [0, 0.05) is 25.9 Å². The van der Waals surface area contributed by atoms with E-state index in [-0.39, 0.29) is 0 Å². The summed E-state index contributed by atoms with van der Waals surface area (Å²) in [5.74, 6) is -0.475. The van der Waals surface area contributed by atoms with Crippen LogP contribution in [-0.2, 0) is 0 Å². The smallest absolute Gasteiger partial charge is 0.336 e. The number of halogens is 2. The number of carboxylic acid groups (broad SMARTS) is 1. The molecule has 2 aromatic rings. The van der Waals surface area contributed by atoms with Crippen molar-refractivity contribution in [3.8, 4) is 0 Å². The molecule has 92 valence electrons. The predicted octanol–water partition coefficient (Wildman–Crippen LogP) is 4.34. The molecule has 18 heavy (non-hydrogen) atoms. The van der Waals surface area contributed by atoms with E-state index in [2.05, 4.69) is 36.8 Å². The fraction of sp³-hybridized carbons (Fsp3) is 0.231. The molecule has 0 radical (unpaired) electrons. The second kappa shape index (κ2) is 4.31. The fourth-order valence-corrected chi connectivity index (χ4v) is 3.35. The third kappa shape index (κ3) is 2.06. The lowest BCUT2D eigenvalue weighted by molar-refractivity contribution is 0.0699. The molecule has 1 aliphatic carbocycles. The van der Waals surface area contributed by atoms with E-state index in [0.29, 0.717) is 16.9 Å². The number of hydrogen-bond donors (Lipinski definition) is 1. The van der Waals surface area contributed by atoms with Crippen LogP contribution < -0.4 is 0 Å². The largest absolute Gasteiger partial charge is 0.478 e. The number of fused-ring (bicyclic) bond motifs is 1. The minimum Gasteiger partial charge on any atom is -0.478 e. The van der Waals surface area contributed by atoms with Gasteiger partial charge in [-0.3, -0.25) is 4.98 Å².